The molecule has 0 bridgehead atoms. The van der Waals surface area contributed by atoms with Crippen molar-refractivity contribution in [2.45, 2.75) is 28.9 Å². The van der Waals surface area contributed by atoms with Crippen LogP contribution in [0.15, 0.2) is 24.5 Å². The summed E-state index contributed by atoms with van der Waals surface area (Å²) >= 11 is -1.31. The zero-order valence-electron chi connectivity index (χ0n) is 8.17. The van der Waals surface area contributed by atoms with E-state index in [4.69, 9.17) is 0 Å². The van der Waals surface area contributed by atoms with Gasteiger partial charge in [-0.1, -0.05) is 0 Å². The van der Waals surface area contributed by atoms with Gasteiger partial charge in [0.25, 0.3) is 0 Å². The molecule has 0 amide bonds. The molecular weight excluding hydrogens is 207 g/mol. The fraction of sp³-hybridized carbons (Fsp3) is 0.500. The second kappa shape index (κ2) is 4.08. The minimum absolute atomic E-state index is 1.24. The van der Waals surface area contributed by atoms with Crippen molar-refractivity contribution < 1.29 is 0 Å². The maximum absolute atomic E-state index is 4.01. The van der Waals surface area contributed by atoms with Crippen molar-refractivity contribution in [3.63, 3.8) is 0 Å². The van der Waals surface area contributed by atoms with Gasteiger partial charge in [-0.15, -0.1) is 0 Å². The summed E-state index contributed by atoms with van der Waals surface area (Å²) in [5, 5.41) is 1.42. The molecule has 1 heterocycles. The summed E-state index contributed by atoms with van der Waals surface area (Å²) in [4.78, 5) is 4.01. The van der Waals surface area contributed by atoms with E-state index in [9.17, 15) is 0 Å². The number of nitrogens with zero attached hydrogens (tertiary/aromatic N) is 1. The molecule has 0 N–H and O–H groups in total. The normalized spacial score (nSPS) is 11.6. The van der Waals surface area contributed by atoms with Gasteiger partial charge < -0.3 is 0 Å². The van der Waals surface area contributed by atoms with E-state index in [1.54, 1.807) is 0 Å². The van der Waals surface area contributed by atoms with Gasteiger partial charge in [-0.2, -0.15) is 0 Å². The molecule has 66 valence electrons. The predicted molar refractivity (Wildman–Crippen MR) is 56.1 cm³/mol. The quantitative estimate of drug-likeness (QED) is 0.719. The minimum atomic E-state index is -1.31. The van der Waals surface area contributed by atoms with Crippen LogP contribution in [0, 0.1) is 0 Å². The van der Waals surface area contributed by atoms with Gasteiger partial charge in [-0.25, -0.2) is 0 Å². The molecule has 0 aromatic carbocycles. The van der Waals surface area contributed by atoms with Gasteiger partial charge in [0, 0.05) is 0 Å². The Morgan fingerprint density at radius 1 is 1.17 bits per heavy atom. The average molecular weight is 224 g/mol. The zero-order chi connectivity index (χ0) is 9.03. The van der Waals surface area contributed by atoms with Crippen molar-refractivity contribution in [3.8, 4) is 0 Å². The summed E-state index contributed by atoms with van der Waals surface area (Å²) in [6.45, 7) is 0. The van der Waals surface area contributed by atoms with Crippen LogP contribution in [0.1, 0.15) is 5.56 Å². The maximum atomic E-state index is 4.01. The molecule has 0 aliphatic heterocycles. The first kappa shape index (κ1) is 9.78. The van der Waals surface area contributed by atoms with Crippen LogP contribution < -0.4 is 0 Å². The van der Waals surface area contributed by atoms with Gasteiger partial charge in [0.05, 0.1) is 0 Å². The number of rotatable bonds is 3. The molecular formula is C10H17GeN. The van der Waals surface area contributed by atoms with Gasteiger partial charge in [0.15, 0.2) is 0 Å². The Hall–Kier alpha value is -0.307. The standard InChI is InChI=1S/C10H17GeN/c1-11(2,3)7-4-10-5-8-12-9-6-10/h5-6,8-9H,4,7H2,1-3H3. The van der Waals surface area contributed by atoms with E-state index in [2.05, 4.69) is 34.4 Å². The van der Waals surface area contributed by atoms with Crippen LogP contribution in [0.25, 0.3) is 0 Å². The second-order valence-corrected chi connectivity index (χ2v) is 16.2. The summed E-state index contributed by atoms with van der Waals surface area (Å²) in [6.07, 6.45) is 5.00. The predicted octanol–water partition coefficient (Wildman–Crippen LogP) is 2.96. The Morgan fingerprint density at radius 2 is 1.75 bits per heavy atom. The molecule has 0 aliphatic carbocycles. The third-order valence-electron chi connectivity index (χ3n) is 1.91. The topological polar surface area (TPSA) is 12.9 Å². The molecule has 0 spiro atoms. The van der Waals surface area contributed by atoms with E-state index in [1.807, 2.05) is 12.4 Å². The van der Waals surface area contributed by atoms with Gasteiger partial charge in [-0.3, -0.25) is 0 Å². The van der Waals surface area contributed by atoms with E-state index in [-0.39, 0.29) is 0 Å². The van der Waals surface area contributed by atoms with Crippen LogP contribution in [0.2, 0.25) is 22.5 Å². The second-order valence-electron chi connectivity index (χ2n) is 4.42. The molecule has 0 radical (unpaired) electrons. The molecule has 1 aromatic rings. The molecule has 0 atom stereocenters. The Morgan fingerprint density at radius 3 is 2.25 bits per heavy atom. The average Bonchev–Trinajstić information content (AvgIpc) is 2.02. The van der Waals surface area contributed by atoms with E-state index in [0.29, 0.717) is 0 Å². The number of aromatic nitrogens is 1. The first-order valence-electron chi connectivity index (χ1n) is 4.47. The van der Waals surface area contributed by atoms with Crippen LogP contribution >= 0.6 is 0 Å². The van der Waals surface area contributed by atoms with Gasteiger partial charge in [0.1, 0.15) is 0 Å². The fourth-order valence-corrected chi connectivity index (χ4v) is 3.25. The first-order valence-corrected chi connectivity index (χ1v) is 12.2. The number of hydrogen-bond donors (Lipinski definition) is 0. The first-order chi connectivity index (χ1) is 5.58. The van der Waals surface area contributed by atoms with Gasteiger partial charge >= 0.3 is 77.3 Å². The summed E-state index contributed by atoms with van der Waals surface area (Å²) in [5.41, 5.74) is 1.44. The van der Waals surface area contributed by atoms with E-state index < -0.39 is 13.3 Å². The molecule has 0 saturated carbocycles. The van der Waals surface area contributed by atoms with Crippen molar-refractivity contribution in [2.75, 3.05) is 0 Å². The Bertz CT molecular complexity index is 225. The molecule has 0 fully saturated rings. The monoisotopic (exact) mass is 225 g/mol. The molecule has 0 saturated heterocycles. The Labute approximate surface area is 77.6 Å². The van der Waals surface area contributed by atoms with Gasteiger partial charge in [0.2, 0.25) is 0 Å². The summed E-state index contributed by atoms with van der Waals surface area (Å²) in [6, 6.07) is 4.24. The van der Waals surface area contributed by atoms with Crippen molar-refractivity contribution >= 4 is 13.3 Å². The molecule has 12 heavy (non-hydrogen) atoms. The summed E-state index contributed by atoms with van der Waals surface area (Å²) < 4.78 is 0. The molecule has 1 nitrogen and oxygen atoms in total. The van der Waals surface area contributed by atoms with Crippen LogP contribution in [0.3, 0.4) is 0 Å². The molecule has 2 heteroatoms. The van der Waals surface area contributed by atoms with Crippen LogP contribution in [0.4, 0.5) is 0 Å². The Kier molecular flexibility index (Phi) is 3.32. The van der Waals surface area contributed by atoms with E-state index in [1.165, 1.54) is 17.2 Å². The SMILES string of the molecule is [CH3][Ge]([CH3])([CH3])[CH2]Cc1ccncc1. The number of pyridine rings is 1. The van der Waals surface area contributed by atoms with Crippen LogP contribution in [-0.4, -0.2) is 18.3 Å². The summed E-state index contributed by atoms with van der Waals surface area (Å²) in [5.74, 6) is 7.38. The van der Waals surface area contributed by atoms with Crippen LogP contribution in [-0.2, 0) is 6.42 Å². The zero-order valence-corrected chi connectivity index (χ0v) is 10.3. The van der Waals surface area contributed by atoms with Crippen molar-refractivity contribution in [1.29, 1.82) is 0 Å². The number of hydrogen-bond acceptors (Lipinski definition) is 1. The van der Waals surface area contributed by atoms with Crippen molar-refractivity contribution in [1.82, 2.24) is 4.98 Å². The molecule has 1 aromatic heterocycles. The molecule has 1 rings (SSSR count). The van der Waals surface area contributed by atoms with E-state index in [0.717, 1.165) is 0 Å². The Balaban J connectivity index is 2.44. The van der Waals surface area contributed by atoms with Crippen LogP contribution in [0.5, 0.6) is 0 Å². The molecule has 0 unspecified atom stereocenters. The molecule has 0 aliphatic rings. The summed E-state index contributed by atoms with van der Waals surface area (Å²) in [7, 11) is 0. The number of aryl methyl sites for hydroxylation is 1. The van der Waals surface area contributed by atoms with Crippen molar-refractivity contribution in [2.24, 2.45) is 0 Å². The fourth-order valence-electron chi connectivity index (χ4n) is 1.07. The third-order valence-corrected chi connectivity index (χ3v) is 5.58. The van der Waals surface area contributed by atoms with E-state index >= 15 is 0 Å². The van der Waals surface area contributed by atoms with Gasteiger partial charge in [-0.05, 0) is 0 Å². The van der Waals surface area contributed by atoms with Crippen molar-refractivity contribution in [3.05, 3.63) is 30.1 Å². The third kappa shape index (κ3) is 3.91.